The highest BCUT2D eigenvalue weighted by molar-refractivity contribution is 6.10. The van der Waals surface area contributed by atoms with E-state index >= 15 is 0 Å². The van der Waals surface area contributed by atoms with Crippen molar-refractivity contribution >= 4 is 38.9 Å². The molecule has 0 saturated heterocycles. The molecule has 0 atom stereocenters. The third-order valence-corrected chi connectivity index (χ3v) is 14.0. The van der Waals surface area contributed by atoms with E-state index in [1.807, 2.05) is 0 Å². The molecule has 1 aromatic heterocycles. The van der Waals surface area contributed by atoms with Gasteiger partial charge in [-0.05, 0) is 116 Å². The van der Waals surface area contributed by atoms with Crippen LogP contribution in [0, 0.1) is 0 Å². The number of aromatic nitrogens is 1. The molecule has 0 N–H and O–H groups in total. The van der Waals surface area contributed by atoms with Crippen LogP contribution >= 0.6 is 0 Å². The number of para-hydroxylation sites is 2. The number of rotatable bonds is 6. The van der Waals surface area contributed by atoms with Crippen LogP contribution in [0.2, 0.25) is 0 Å². The summed E-state index contributed by atoms with van der Waals surface area (Å²) in [7, 11) is 0. The molecular weight excluding hydrogens is 749 g/mol. The number of anilines is 3. The Bertz CT molecular complexity index is 3400. The van der Waals surface area contributed by atoms with Crippen molar-refractivity contribution < 1.29 is 0 Å². The molecule has 0 aliphatic heterocycles. The van der Waals surface area contributed by atoms with Crippen LogP contribution in [0.4, 0.5) is 17.1 Å². The number of benzene rings is 9. The van der Waals surface area contributed by atoms with E-state index in [1.165, 1.54) is 94.3 Å². The van der Waals surface area contributed by atoms with E-state index in [2.05, 4.69) is 243 Å². The van der Waals surface area contributed by atoms with E-state index in [4.69, 9.17) is 0 Å². The predicted molar refractivity (Wildman–Crippen MR) is 261 cm³/mol. The standard InChI is InChI=1S/C60H46N2/c1-59(2)52-27-12-9-23-50(52)57-53(59)28-16-30-55(57)61(44-20-14-17-41(37-44)45-24-15-25-49-46-21-8-11-26-51(46)60(3,4)58(45)49)43-34-31-39(32-35-43)40-33-36-48-47-22-10-13-29-54(47)62(56(48)38-40)42-18-6-5-7-19-42/h5-38H,1-4H3. The van der Waals surface area contributed by atoms with Crippen LogP contribution in [0.5, 0.6) is 0 Å². The number of fused-ring (bicyclic) bond motifs is 9. The molecule has 0 saturated carbocycles. The van der Waals surface area contributed by atoms with Crippen LogP contribution < -0.4 is 4.90 Å². The predicted octanol–water partition coefficient (Wildman–Crippen LogP) is 16.2. The second-order valence-electron chi connectivity index (χ2n) is 18.1. The largest absolute Gasteiger partial charge is 0.310 e. The molecule has 2 heteroatoms. The monoisotopic (exact) mass is 794 g/mol. The normalized spacial score (nSPS) is 14.1. The summed E-state index contributed by atoms with van der Waals surface area (Å²) < 4.78 is 2.40. The second-order valence-corrected chi connectivity index (χ2v) is 18.1. The third-order valence-electron chi connectivity index (χ3n) is 14.0. The highest BCUT2D eigenvalue weighted by Crippen LogP contribution is 2.55. The first-order valence-electron chi connectivity index (χ1n) is 21.9. The van der Waals surface area contributed by atoms with Crippen molar-refractivity contribution in [2.75, 3.05) is 4.90 Å². The molecule has 2 nitrogen and oxygen atoms in total. The van der Waals surface area contributed by atoms with Crippen LogP contribution in [-0.4, -0.2) is 4.57 Å². The maximum absolute atomic E-state index is 2.49. The lowest BCUT2D eigenvalue weighted by Crippen LogP contribution is -2.16. The molecule has 0 amide bonds. The fraction of sp³-hybridized carbons (Fsp3) is 0.100. The fourth-order valence-electron chi connectivity index (χ4n) is 11.1. The Balaban J connectivity index is 1.02. The van der Waals surface area contributed by atoms with Gasteiger partial charge in [-0.1, -0.05) is 179 Å². The summed E-state index contributed by atoms with van der Waals surface area (Å²) in [6, 6.07) is 76.5. The smallest absolute Gasteiger partial charge is 0.0547 e. The Hall–Kier alpha value is -7.42. The summed E-state index contributed by atoms with van der Waals surface area (Å²) in [6.07, 6.45) is 0. The van der Waals surface area contributed by atoms with Gasteiger partial charge in [0.2, 0.25) is 0 Å². The Morgan fingerprint density at radius 1 is 0.371 bits per heavy atom. The zero-order valence-corrected chi connectivity index (χ0v) is 35.5. The zero-order chi connectivity index (χ0) is 41.7. The molecule has 0 fully saturated rings. The van der Waals surface area contributed by atoms with Gasteiger partial charge in [0.15, 0.2) is 0 Å². The summed E-state index contributed by atoms with van der Waals surface area (Å²) in [5, 5.41) is 2.52. The quantitative estimate of drug-likeness (QED) is 0.163. The lowest BCUT2D eigenvalue weighted by atomic mass is 9.79. The minimum absolute atomic E-state index is 0.120. The highest BCUT2D eigenvalue weighted by Gasteiger charge is 2.39. The molecule has 0 bridgehead atoms. The lowest BCUT2D eigenvalue weighted by Gasteiger charge is -2.30. The van der Waals surface area contributed by atoms with Crippen molar-refractivity contribution in [3.05, 3.63) is 229 Å². The van der Waals surface area contributed by atoms with Gasteiger partial charge in [0.25, 0.3) is 0 Å². The van der Waals surface area contributed by atoms with Gasteiger partial charge in [0.05, 0.1) is 16.7 Å². The summed E-state index contributed by atoms with van der Waals surface area (Å²) in [4.78, 5) is 2.49. The Morgan fingerprint density at radius 2 is 0.984 bits per heavy atom. The van der Waals surface area contributed by atoms with Gasteiger partial charge in [0.1, 0.15) is 0 Å². The van der Waals surface area contributed by atoms with Crippen LogP contribution in [0.15, 0.2) is 206 Å². The molecule has 1 heterocycles. The first-order chi connectivity index (χ1) is 30.3. The van der Waals surface area contributed by atoms with E-state index in [0.717, 1.165) is 17.1 Å². The third kappa shape index (κ3) is 5.29. The number of hydrogen-bond donors (Lipinski definition) is 0. The van der Waals surface area contributed by atoms with Crippen molar-refractivity contribution in [1.82, 2.24) is 4.57 Å². The van der Waals surface area contributed by atoms with Crippen molar-refractivity contribution in [3.8, 4) is 50.2 Å². The van der Waals surface area contributed by atoms with Crippen molar-refractivity contribution in [2.24, 2.45) is 0 Å². The topological polar surface area (TPSA) is 8.17 Å². The molecule has 2 aliphatic rings. The molecular formula is C60H46N2. The number of hydrogen-bond acceptors (Lipinski definition) is 1. The van der Waals surface area contributed by atoms with Crippen LogP contribution in [0.25, 0.3) is 72.0 Å². The van der Waals surface area contributed by atoms with E-state index in [1.54, 1.807) is 0 Å². The van der Waals surface area contributed by atoms with Gasteiger partial charge in [-0.2, -0.15) is 0 Å². The van der Waals surface area contributed by atoms with E-state index in [9.17, 15) is 0 Å². The van der Waals surface area contributed by atoms with Crippen molar-refractivity contribution in [3.63, 3.8) is 0 Å². The molecule has 0 radical (unpaired) electrons. The van der Waals surface area contributed by atoms with E-state index in [0.29, 0.717) is 0 Å². The van der Waals surface area contributed by atoms with Gasteiger partial charge in [-0.25, -0.2) is 0 Å². The van der Waals surface area contributed by atoms with Gasteiger partial charge in [0, 0.05) is 44.2 Å². The Kier molecular flexibility index (Phi) is 7.96. The molecule has 12 rings (SSSR count). The number of nitrogens with zero attached hydrogens (tertiary/aromatic N) is 2. The Morgan fingerprint density at radius 3 is 1.81 bits per heavy atom. The van der Waals surface area contributed by atoms with Crippen LogP contribution in [-0.2, 0) is 10.8 Å². The maximum Gasteiger partial charge on any atom is 0.0547 e. The van der Waals surface area contributed by atoms with Crippen LogP contribution in [0.1, 0.15) is 49.9 Å². The summed E-state index contributed by atoms with van der Waals surface area (Å²) in [5.74, 6) is 0. The van der Waals surface area contributed by atoms with Gasteiger partial charge in [-0.3, -0.25) is 0 Å². The highest BCUT2D eigenvalue weighted by atomic mass is 15.1. The minimum Gasteiger partial charge on any atom is -0.310 e. The first-order valence-corrected chi connectivity index (χ1v) is 21.9. The summed E-state index contributed by atoms with van der Waals surface area (Å²) >= 11 is 0. The fourth-order valence-corrected chi connectivity index (χ4v) is 11.1. The summed E-state index contributed by atoms with van der Waals surface area (Å²) in [6.45, 7) is 9.49. The van der Waals surface area contributed by atoms with Gasteiger partial charge >= 0.3 is 0 Å². The zero-order valence-electron chi connectivity index (χ0n) is 35.5. The SMILES string of the molecule is CC1(C)c2ccccc2-c2c(N(c3ccc(-c4ccc5c6ccccc6n(-c6ccccc6)c5c4)cc3)c3cccc(-c4cccc5c4C(C)(C)c4ccccc4-5)c3)cccc21. The molecule has 296 valence electrons. The molecule has 2 aliphatic carbocycles. The average Bonchev–Trinajstić information content (AvgIpc) is 3.87. The minimum atomic E-state index is -0.123. The van der Waals surface area contributed by atoms with E-state index in [-0.39, 0.29) is 10.8 Å². The molecule has 62 heavy (non-hydrogen) atoms. The first kappa shape index (κ1) is 36.4. The second kappa shape index (κ2) is 13.5. The maximum atomic E-state index is 2.49. The molecule has 0 spiro atoms. The summed E-state index contributed by atoms with van der Waals surface area (Å²) in [5.41, 5.74) is 22.5. The average molecular weight is 795 g/mol. The molecule has 10 aromatic rings. The Labute approximate surface area is 364 Å². The van der Waals surface area contributed by atoms with Gasteiger partial charge in [-0.15, -0.1) is 0 Å². The van der Waals surface area contributed by atoms with E-state index < -0.39 is 0 Å². The van der Waals surface area contributed by atoms with Gasteiger partial charge < -0.3 is 9.47 Å². The molecule has 9 aromatic carbocycles. The van der Waals surface area contributed by atoms with Crippen LogP contribution in [0.3, 0.4) is 0 Å². The van der Waals surface area contributed by atoms with Crippen molar-refractivity contribution in [1.29, 1.82) is 0 Å². The molecule has 0 unspecified atom stereocenters. The lowest BCUT2D eigenvalue weighted by molar-refractivity contribution is 0.660. The van der Waals surface area contributed by atoms with Crippen molar-refractivity contribution in [2.45, 2.75) is 38.5 Å².